The van der Waals surface area contributed by atoms with Gasteiger partial charge >= 0.3 is 5.82 Å². The number of anilines is 1. The Labute approximate surface area is 98.6 Å². The molecule has 1 fully saturated rings. The van der Waals surface area contributed by atoms with Gasteiger partial charge in [-0.3, -0.25) is 4.57 Å². The molecule has 1 aliphatic rings. The van der Waals surface area contributed by atoms with Crippen molar-refractivity contribution >= 4 is 11.6 Å². The number of aliphatic hydroxyl groups is 1. The molecule has 7 heteroatoms. The zero-order valence-electron chi connectivity index (χ0n) is 9.67. The first-order chi connectivity index (χ1) is 8.09. The van der Waals surface area contributed by atoms with Gasteiger partial charge < -0.3 is 20.5 Å². The molecule has 94 valence electrons. The van der Waals surface area contributed by atoms with Crippen LogP contribution >= 0.6 is 0 Å². The van der Waals surface area contributed by atoms with Crippen molar-refractivity contribution in [1.29, 1.82) is 0 Å². The van der Waals surface area contributed by atoms with Crippen LogP contribution in [0.2, 0.25) is 0 Å². The van der Waals surface area contributed by atoms with Crippen molar-refractivity contribution in [1.82, 2.24) is 9.55 Å². The Hall–Kier alpha value is -1.63. The second-order valence-corrected chi connectivity index (χ2v) is 4.42. The fourth-order valence-electron chi connectivity index (χ4n) is 2.24. The Morgan fingerprint density at radius 1 is 1.71 bits per heavy atom. The SMILES string of the molecule is Cn1cnc([N+](=O)[O-])c1NCC1CCCC1O. The molecule has 1 heterocycles. The maximum atomic E-state index is 10.7. The van der Waals surface area contributed by atoms with Crippen LogP contribution < -0.4 is 5.32 Å². The highest BCUT2D eigenvalue weighted by atomic mass is 16.6. The maximum absolute atomic E-state index is 10.7. The normalized spacial score (nSPS) is 23.9. The number of hydrogen-bond acceptors (Lipinski definition) is 5. The molecule has 0 aliphatic heterocycles. The van der Waals surface area contributed by atoms with Gasteiger partial charge in [0.1, 0.15) is 0 Å². The fourth-order valence-corrected chi connectivity index (χ4v) is 2.24. The van der Waals surface area contributed by atoms with E-state index in [0.717, 1.165) is 19.3 Å². The number of rotatable bonds is 4. The standard InChI is InChI=1S/C10H16N4O3/c1-13-6-12-10(14(16)17)9(13)11-5-7-3-2-4-8(7)15/h6-8,11,15H,2-5H2,1H3. The Balaban J connectivity index is 2.03. The number of hydrogen-bond donors (Lipinski definition) is 2. The quantitative estimate of drug-likeness (QED) is 0.602. The van der Waals surface area contributed by atoms with E-state index in [-0.39, 0.29) is 17.8 Å². The number of aryl methyl sites for hydroxylation is 1. The zero-order valence-corrected chi connectivity index (χ0v) is 9.67. The third-order valence-electron chi connectivity index (χ3n) is 3.24. The topological polar surface area (TPSA) is 93.2 Å². The number of nitro groups is 1. The predicted octanol–water partition coefficient (Wildman–Crippen LogP) is 0.901. The van der Waals surface area contributed by atoms with Crippen LogP contribution in [0.25, 0.3) is 0 Å². The molecule has 0 aromatic carbocycles. The van der Waals surface area contributed by atoms with Gasteiger partial charge in [-0.2, -0.15) is 0 Å². The molecule has 1 saturated carbocycles. The predicted molar refractivity (Wildman–Crippen MR) is 61.7 cm³/mol. The molecule has 17 heavy (non-hydrogen) atoms. The summed E-state index contributed by atoms with van der Waals surface area (Å²) in [5.41, 5.74) is 0. The minimum Gasteiger partial charge on any atom is -0.393 e. The number of imidazole rings is 1. The van der Waals surface area contributed by atoms with Crippen molar-refractivity contribution in [2.75, 3.05) is 11.9 Å². The van der Waals surface area contributed by atoms with Crippen molar-refractivity contribution in [3.8, 4) is 0 Å². The van der Waals surface area contributed by atoms with Crippen LogP contribution in [0.5, 0.6) is 0 Å². The van der Waals surface area contributed by atoms with E-state index in [4.69, 9.17) is 0 Å². The summed E-state index contributed by atoms with van der Waals surface area (Å²) in [7, 11) is 1.70. The van der Waals surface area contributed by atoms with Gasteiger partial charge in [-0.05, 0) is 22.7 Å². The number of nitrogens with one attached hydrogen (secondary N) is 1. The molecule has 1 aromatic rings. The van der Waals surface area contributed by atoms with Crippen molar-refractivity contribution in [2.45, 2.75) is 25.4 Å². The highest BCUT2D eigenvalue weighted by molar-refractivity contribution is 5.51. The number of aliphatic hydroxyl groups excluding tert-OH is 1. The third-order valence-corrected chi connectivity index (χ3v) is 3.24. The Kier molecular flexibility index (Phi) is 3.28. The van der Waals surface area contributed by atoms with Crippen LogP contribution in [0.4, 0.5) is 11.6 Å². The molecule has 0 spiro atoms. The van der Waals surface area contributed by atoms with E-state index < -0.39 is 4.92 Å². The summed E-state index contributed by atoms with van der Waals surface area (Å²) in [4.78, 5) is 13.9. The number of aromatic nitrogens is 2. The first-order valence-corrected chi connectivity index (χ1v) is 5.67. The first-order valence-electron chi connectivity index (χ1n) is 5.67. The highest BCUT2D eigenvalue weighted by Gasteiger charge is 2.27. The Bertz CT molecular complexity index is 418. The van der Waals surface area contributed by atoms with Gasteiger partial charge in [0.2, 0.25) is 12.1 Å². The monoisotopic (exact) mass is 240 g/mol. The average Bonchev–Trinajstić information content (AvgIpc) is 2.82. The average molecular weight is 240 g/mol. The summed E-state index contributed by atoms with van der Waals surface area (Å²) in [6.45, 7) is 0.543. The molecule has 0 amide bonds. The summed E-state index contributed by atoms with van der Waals surface area (Å²) >= 11 is 0. The van der Waals surface area contributed by atoms with Gasteiger partial charge in [0, 0.05) is 19.5 Å². The van der Waals surface area contributed by atoms with Crippen molar-refractivity contribution in [3.63, 3.8) is 0 Å². The third kappa shape index (κ3) is 2.38. The van der Waals surface area contributed by atoms with Crippen LogP contribution in [0.15, 0.2) is 6.33 Å². The van der Waals surface area contributed by atoms with E-state index in [1.807, 2.05) is 0 Å². The van der Waals surface area contributed by atoms with E-state index in [0.29, 0.717) is 12.4 Å². The molecule has 0 radical (unpaired) electrons. The molecular weight excluding hydrogens is 224 g/mol. The van der Waals surface area contributed by atoms with E-state index >= 15 is 0 Å². The molecule has 1 aliphatic carbocycles. The summed E-state index contributed by atoms with van der Waals surface area (Å²) in [6.07, 6.45) is 3.90. The number of nitrogens with zero attached hydrogens (tertiary/aromatic N) is 3. The molecular formula is C10H16N4O3. The summed E-state index contributed by atoms with van der Waals surface area (Å²) in [5, 5.41) is 23.4. The van der Waals surface area contributed by atoms with Crippen LogP contribution in [-0.2, 0) is 7.05 Å². The molecule has 2 atom stereocenters. The Morgan fingerprint density at radius 2 is 2.47 bits per heavy atom. The molecule has 0 bridgehead atoms. The van der Waals surface area contributed by atoms with E-state index in [1.165, 1.54) is 6.33 Å². The second kappa shape index (κ2) is 4.70. The lowest BCUT2D eigenvalue weighted by atomic mass is 10.1. The van der Waals surface area contributed by atoms with Gasteiger partial charge in [0.05, 0.1) is 6.10 Å². The maximum Gasteiger partial charge on any atom is 0.406 e. The summed E-state index contributed by atoms with van der Waals surface area (Å²) < 4.78 is 1.58. The van der Waals surface area contributed by atoms with Crippen molar-refractivity contribution < 1.29 is 10.0 Å². The minimum atomic E-state index is -0.507. The first kappa shape index (κ1) is 11.8. The van der Waals surface area contributed by atoms with E-state index in [2.05, 4.69) is 10.3 Å². The fraction of sp³-hybridized carbons (Fsp3) is 0.700. The minimum absolute atomic E-state index is 0.167. The van der Waals surface area contributed by atoms with Crippen LogP contribution in [0.1, 0.15) is 19.3 Å². The largest absolute Gasteiger partial charge is 0.406 e. The lowest BCUT2D eigenvalue weighted by Gasteiger charge is -2.15. The molecule has 2 unspecified atom stereocenters. The molecule has 2 rings (SSSR count). The molecule has 2 N–H and O–H groups in total. The molecule has 7 nitrogen and oxygen atoms in total. The summed E-state index contributed by atoms with van der Waals surface area (Å²) in [6, 6.07) is 0. The van der Waals surface area contributed by atoms with Crippen molar-refractivity contribution in [2.24, 2.45) is 13.0 Å². The zero-order chi connectivity index (χ0) is 12.4. The van der Waals surface area contributed by atoms with Crippen LogP contribution in [0, 0.1) is 16.0 Å². The molecule has 0 saturated heterocycles. The second-order valence-electron chi connectivity index (χ2n) is 4.42. The van der Waals surface area contributed by atoms with Gasteiger partial charge in [-0.15, -0.1) is 0 Å². The van der Waals surface area contributed by atoms with Gasteiger partial charge in [0.15, 0.2) is 0 Å². The Morgan fingerprint density at radius 3 is 3.06 bits per heavy atom. The molecule has 1 aromatic heterocycles. The lowest BCUT2D eigenvalue weighted by Crippen LogP contribution is -2.23. The summed E-state index contributed by atoms with van der Waals surface area (Å²) in [5.74, 6) is 0.401. The van der Waals surface area contributed by atoms with Crippen LogP contribution in [0.3, 0.4) is 0 Å². The van der Waals surface area contributed by atoms with Gasteiger partial charge in [-0.25, -0.2) is 0 Å². The van der Waals surface area contributed by atoms with Gasteiger partial charge in [0.25, 0.3) is 0 Å². The van der Waals surface area contributed by atoms with Crippen molar-refractivity contribution in [3.05, 3.63) is 16.4 Å². The van der Waals surface area contributed by atoms with Gasteiger partial charge in [-0.1, -0.05) is 6.42 Å². The van der Waals surface area contributed by atoms with E-state index in [1.54, 1.807) is 11.6 Å². The smallest absolute Gasteiger partial charge is 0.393 e. The lowest BCUT2D eigenvalue weighted by molar-refractivity contribution is -0.388. The highest BCUT2D eigenvalue weighted by Crippen LogP contribution is 2.27. The van der Waals surface area contributed by atoms with E-state index in [9.17, 15) is 15.2 Å². The van der Waals surface area contributed by atoms with Crippen LogP contribution in [-0.4, -0.2) is 32.2 Å².